The molecule has 0 saturated heterocycles. The minimum Gasteiger partial charge on any atom is -0.497 e. The Labute approximate surface area is 366 Å². The number of rotatable bonds is 6. The summed E-state index contributed by atoms with van der Waals surface area (Å²) in [6.07, 6.45) is 7.95. The number of benzene rings is 3. The largest absolute Gasteiger partial charge is 0.497 e. The van der Waals surface area contributed by atoms with Gasteiger partial charge in [-0.15, -0.1) is 6.42 Å². The number of nitrogens with zero attached hydrogens (tertiary/aromatic N) is 1. The van der Waals surface area contributed by atoms with Gasteiger partial charge in [-0.1, -0.05) is 37.1 Å². The van der Waals surface area contributed by atoms with E-state index in [2.05, 4.69) is 213 Å². The summed E-state index contributed by atoms with van der Waals surface area (Å²) >= 11 is 0. The van der Waals surface area contributed by atoms with E-state index in [1.165, 1.54) is 44.4 Å². The molecule has 1 N–H and O–H groups in total. The molecule has 62 heavy (non-hydrogen) atoms. The molecule has 0 spiro atoms. The average molecular weight is 797 g/mol. The van der Waals surface area contributed by atoms with Crippen molar-refractivity contribution in [2.24, 2.45) is 0 Å². The summed E-state index contributed by atoms with van der Waals surface area (Å²) in [4.78, 5) is 6.25. The van der Waals surface area contributed by atoms with Gasteiger partial charge in [0.25, 0.3) is 0 Å². The van der Waals surface area contributed by atoms with Crippen molar-refractivity contribution >= 4 is 10.9 Å². The standard InChI is InChI=1S/C30H32N2O3.C27H4/c1-4-19-5-7-20(8-6-19)18-35-30-16-23-21(13-29(30)34-3)11-12-32-17-27-25(15-28(23)32)24-14-22(33-2)9-10-26(24)31-27;1-3-5-7-9-11-13-15-17-19-21-23-25-27-26-24-22-20-18-16-14-12-10-8-6-4-2/h5-10,13-14,16,28,31H,4,11-12,15,17-18H2,1-3H3;1H,2H3. The third-order valence-corrected chi connectivity index (χ3v) is 9.25. The second-order valence-electron chi connectivity index (χ2n) is 12.9. The molecule has 6 rings (SSSR count). The number of aryl methyl sites for hydroxylation is 1. The number of methoxy groups -OCH3 is 2. The Hall–Kier alpha value is -9.16. The number of H-pyrrole nitrogens is 1. The van der Waals surface area contributed by atoms with Gasteiger partial charge in [0.1, 0.15) is 12.4 Å². The maximum Gasteiger partial charge on any atom is 0.162 e. The lowest BCUT2D eigenvalue weighted by Crippen LogP contribution is -2.39. The van der Waals surface area contributed by atoms with Crippen LogP contribution in [-0.4, -0.2) is 30.6 Å². The van der Waals surface area contributed by atoms with E-state index in [0.29, 0.717) is 12.6 Å². The highest BCUT2D eigenvalue weighted by Gasteiger charge is 2.35. The molecule has 0 fully saturated rings. The fourth-order valence-corrected chi connectivity index (χ4v) is 6.42. The first-order valence-electron chi connectivity index (χ1n) is 19.3. The van der Waals surface area contributed by atoms with Crippen molar-refractivity contribution in [3.63, 3.8) is 0 Å². The molecular weight excluding hydrogens is 761 g/mol. The lowest BCUT2D eigenvalue weighted by Gasteiger charge is -2.40. The summed E-state index contributed by atoms with van der Waals surface area (Å²) in [5.41, 5.74) is 9.14. The Morgan fingerprint density at radius 2 is 1.19 bits per heavy atom. The molecule has 0 amide bonds. The van der Waals surface area contributed by atoms with Crippen molar-refractivity contribution in [2.75, 3.05) is 20.8 Å². The third-order valence-electron chi connectivity index (χ3n) is 9.25. The summed E-state index contributed by atoms with van der Waals surface area (Å²) in [5.74, 6) is 64.4. The minimum atomic E-state index is 0.327. The number of hydrogen-bond donors (Lipinski definition) is 1. The van der Waals surface area contributed by atoms with Crippen LogP contribution < -0.4 is 14.2 Å². The second kappa shape index (κ2) is 24.6. The highest BCUT2D eigenvalue weighted by Crippen LogP contribution is 2.44. The van der Waals surface area contributed by atoms with E-state index in [9.17, 15) is 0 Å². The number of nitrogens with one attached hydrogen (secondary N) is 1. The van der Waals surface area contributed by atoms with Crippen molar-refractivity contribution in [1.29, 1.82) is 0 Å². The molecular formula is C57H36N2O3. The summed E-state index contributed by atoms with van der Waals surface area (Å²) in [7, 11) is 3.46. The van der Waals surface area contributed by atoms with E-state index in [0.717, 1.165) is 49.6 Å². The molecule has 5 heteroatoms. The fourth-order valence-electron chi connectivity index (χ4n) is 6.42. The summed E-state index contributed by atoms with van der Waals surface area (Å²) in [6, 6.07) is 19.7. The number of fused-ring (bicyclic) bond motifs is 6. The monoisotopic (exact) mass is 796 g/mol. The smallest absolute Gasteiger partial charge is 0.162 e. The number of aromatic nitrogens is 1. The van der Waals surface area contributed by atoms with Crippen LogP contribution in [0.2, 0.25) is 0 Å². The van der Waals surface area contributed by atoms with Crippen LogP contribution in [0.5, 0.6) is 17.2 Å². The molecule has 2 aliphatic heterocycles. The molecule has 1 atom stereocenters. The predicted octanol–water partition coefficient (Wildman–Crippen LogP) is 6.66. The highest BCUT2D eigenvalue weighted by atomic mass is 16.5. The quantitative estimate of drug-likeness (QED) is 0.222. The molecule has 5 nitrogen and oxygen atoms in total. The van der Waals surface area contributed by atoms with Crippen molar-refractivity contribution < 1.29 is 14.2 Å². The van der Waals surface area contributed by atoms with Gasteiger partial charge in [-0.05, 0) is 179 Å². The van der Waals surface area contributed by atoms with Crippen LogP contribution in [0.4, 0.5) is 0 Å². The van der Waals surface area contributed by atoms with Gasteiger partial charge >= 0.3 is 0 Å². The molecule has 4 aromatic rings. The molecule has 0 radical (unpaired) electrons. The molecule has 292 valence electrons. The van der Waals surface area contributed by atoms with Gasteiger partial charge in [-0.25, -0.2) is 0 Å². The topological polar surface area (TPSA) is 46.7 Å². The number of aromatic amines is 1. The minimum absolute atomic E-state index is 0.327. The molecule has 2 aliphatic rings. The van der Waals surface area contributed by atoms with E-state index >= 15 is 0 Å². The summed E-state index contributed by atoms with van der Waals surface area (Å²) in [6.45, 7) is 6.37. The predicted molar refractivity (Wildman–Crippen MR) is 246 cm³/mol. The maximum absolute atomic E-state index is 6.32. The zero-order valence-electron chi connectivity index (χ0n) is 34.8. The van der Waals surface area contributed by atoms with Gasteiger partial charge < -0.3 is 19.2 Å². The maximum atomic E-state index is 6.32. The fraction of sp³-hybridized carbons (Fsp3) is 0.193. The Balaban J connectivity index is 0.000000245. The van der Waals surface area contributed by atoms with Gasteiger partial charge in [0, 0.05) is 83.1 Å². The molecule has 3 heterocycles. The molecule has 0 bridgehead atoms. The van der Waals surface area contributed by atoms with Crippen LogP contribution in [0.3, 0.4) is 0 Å². The van der Waals surface area contributed by atoms with E-state index < -0.39 is 0 Å². The van der Waals surface area contributed by atoms with E-state index in [-0.39, 0.29) is 0 Å². The van der Waals surface area contributed by atoms with Gasteiger partial charge in [0.2, 0.25) is 0 Å². The van der Waals surface area contributed by atoms with Gasteiger partial charge in [0.05, 0.1) is 14.2 Å². The van der Waals surface area contributed by atoms with Crippen LogP contribution in [0, 0.1) is 154 Å². The molecule has 0 saturated carbocycles. The Bertz CT molecular complexity index is 3200. The van der Waals surface area contributed by atoms with Crippen molar-refractivity contribution in [3.05, 3.63) is 88.1 Å². The zero-order valence-corrected chi connectivity index (χ0v) is 34.8. The molecule has 1 aromatic heterocycles. The van der Waals surface area contributed by atoms with E-state index in [1.54, 1.807) is 21.1 Å². The van der Waals surface area contributed by atoms with Gasteiger partial charge in [0.15, 0.2) is 11.5 Å². The van der Waals surface area contributed by atoms with Crippen molar-refractivity contribution in [3.8, 4) is 172 Å². The summed E-state index contributed by atoms with van der Waals surface area (Å²) < 4.78 is 17.6. The van der Waals surface area contributed by atoms with Crippen LogP contribution in [-0.2, 0) is 32.4 Å². The third kappa shape index (κ3) is 13.2. The number of hydrogen-bond acceptors (Lipinski definition) is 4. The second-order valence-corrected chi connectivity index (χ2v) is 12.9. The van der Waals surface area contributed by atoms with Crippen LogP contribution >= 0.6 is 0 Å². The Morgan fingerprint density at radius 3 is 1.71 bits per heavy atom. The normalized spacial score (nSPS) is 11.2. The highest BCUT2D eigenvalue weighted by molar-refractivity contribution is 5.86. The molecule has 0 aliphatic carbocycles. The van der Waals surface area contributed by atoms with E-state index in [1.807, 2.05) is 6.07 Å². The zero-order chi connectivity index (χ0) is 43.6. The van der Waals surface area contributed by atoms with Crippen LogP contribution in [0.25, 0.3) is 10.9 Å². The number of terminal acetylenes is 1. The average Bonchev–Trinajstić information content (AvgIpc) is 3.67. The Morgan fingerprint density at radius 1 is 0.645 bits per heavy atom. The molecule has 1 unspecified atom stereocenters. The lowest BCUT2D eigenvalue weighted by molar-refractivity contribution is 0.158. The molecule has 3 aromatic carbocycles. The van der Waals surface area contributed by atoms with Gasteiger partial charge in [-0.3, -0.25) is 4.90 Å². The van der Waals surface area contributed by atoms with Crippen molar-refractivity contribution in [2.45, 2.75) is 52.3 Å². The van der Waals surface area contributed by atoms with Gasteiger partial charge in [-0.2, -0.15) is 0 Å². The Kier molecular flexibility index (Phi) is 17.4. The van der Waals surface area contributed by atoms with Crippen LogP contribution in [0.1, 0.15) is 53.4 Å². The summed E-state index contributed by atoms with van der Waals surface area (Å²) in [5, 5.41) is 1.27. The number of ether oxygens (including phenoxy) is 3. The SMILES string of the molecule is C#CC#CC#CC#CC#CC#CC#CC#CC#CC#CC#CC#CC#CC.CCc1ccc(COc2cc3c(cc2OC)CCN2Cc4[nH]c5ccc(OC)cc5c4CC32)cc1. The first-order chi connectivity index (χ1) is 30.6. The first-order valence-corrected chi connectivity index (χ1v) is 19.3. The van der Waals surface area contributed by atoms with Crippen molar-refractivity contribution in [1.82, 2.24) is 9.88 Å². The lowest BCUT2D eigenvalue weighted by atomic mass is 9.85. The van der Waals surface area contributed by atoms with E-state index in [4.69, 9.17) is 20.6 Å². The van der Waals surface area contributed by atoms with Crippen LogP contribution in [0.15, 0.2) is 54.6 Å². The first kappa shape index (κ1) is 44.0.